The third-order valence-corrected chi connectivity index (χ3v) is 2.66. The first-order valence-corrected chi connectivity index (χ1v) is 4.71. The smallest absolute Gasteiger partial charge is 0.380 e. The van der Waals surface area contributed by atoms with Crippen LogP contribution in [0.25, 0.3) is 0 Å². The number of unbranched alkanes of at least 4 members (excludes halogenated alkanes) is 1. The molecule has 1 saturated carbocycles. The zero-order chi connectivity index (χ0) is 10.1. The summed E-state index contributed by atoms with van der Waals surface area (Å²) in [4.78, 5) is 0. The predicted octanol–water partition coefficient (Wildman–Crippen LogP) is 2.88. The molecule has 0 aromatic carbocycles. The van der Waals surface area contributed by atoms with Crippen LogP contribution in [-0.2, 0) is 0 Å². The standard InChI is InChI=1S/C9H15F3O/c1-2-3-6-8(13,7-4-5-7)9(10,11)12/h7,13H,2-6H2,1H3. The van der Waals surface area contributed by atoms with Gasteiger partial charge in [-0.25, -0.2) is 0 Å². The van der Waals surface area contributed by atoms with E-state index in [0.29, 0.717) is 25.7 Å². The molecule has 0 saturated heterocycles. The van der Waals surface area contributed by atoms with E-state index >= 15 is 0 Å². The van der Waals surface area contributed by atoms with Crippen molar-refractivity contribution in [2.75, 3.05) is 0 Å². The Labute approximate surface area is 75.9 Å². The van der Waals surface area contributed by atoms with Crippen molar-refractivity contribution in [1.29, 1.82) is 0 Å². The summed E-state index contributed by atoms with van der Waals surface area (Å²) in [7, 11) is 0. The van der Waals surface area contributed by atoms with Crippen LogP contribution in [0, 0.1) is 5.92 Å². The highest BCUT2D eigenvalue weighted by atomic mass is 19.4. The molecule has 1 rings (SSSR count). The van der Waals surface area contributed by atoms with E-state index in [-0.39, 0.29) is 6.42 Å². The van der Waals surface area contributed by atoms with Crippen LogP contribution in [-0.4, -0.2) is 16.9 Å². The maximum atomic E-state index is 12.5. The minimum atomic E-state index is -4.46. The molecule has 1 unspecified atom stereocenters. The van der Waals surface area contributed by atoms with E-state index in [2.05, 4.69) is 0 Å². The van der Waals surface area contributed by atoms with Crippen LogP contribution in [0.4, 0.5) is 13.2 Å². The largest absolute Gasteiger partial charge is 0.417 e. The Morgan fingerprint density at radius 1 is 1.31 bits per heavy atom. The van der Waals surface area contributed by atoms with Crippen LogP contribution >= 0.6 is 0 Å². The van der Waals surface area contributed by atoms with E-state index in [0.717, 1.165) is 0 Å². The zero-order valence-corrected chi connectivity index (χ0v) is 7.69. The summed E-state index contributed by atoms with van der Waals surface area (Å²) >= 11 is 0. The SMILES string of the molecule is CCCCC(O)(C1CC1)C(F)(F)F. The van der Waals surface area contributed by atoms with Crippen LogP contribution in [0.15, 0.2) is 0 Å². The maximum Gasteiger partial charge on any atom is 0.417 e. The lowest BCUT2D eigenvalue weighted by molar-refractivity contribution is -0.271. The third kappa shape index (κ3) is 2.16. The molecule has 0 aromatic heterocycles. The van der Waals surface area contributed by atoms with Gasteiger partial charge in [0, 0.05) is 0 Å². The van der Waals surface area contributed by atoms with Gasteiger partial charge < -0.3 is 5.11 Å². The van der Waals surface area contributed by atoms with E-state index in [9.17, 15) is 18.3 Å². The van der Waals surface area contributed by atoms with Gasteiger partial charge in [0.15, 0.2) is 5.60 Å². The van der Waals surface area contributed by atoms with Gasteiger partial charge in [-0.2, -0.15) is 13.2 Å². The van der Waals surface area contributed by atoms with Crippen molar-refractivity contribution in [3.05, 3.63) is 0 Å². The van der Waals surface area contributed by atoms with Gasteiger partial charge in [-0.15, -0.1) is 0 Å². The highest BCUT2D eigenvalue weighted by molar-refractivity contribution is 4.99. The molecule has 0 aliphatic heterocycles. The van der Waals surface area contributed by atoms with Crippen LogP contribution < -0.4 is 0 Å². The summed E-state index contributed by atoms with van der Waals surface area (Å²) in [6, 6.07) is 0. The maximum absolute atomic E-state index is 12.5. The number of hydrogen-bond acceptors (Lipinski definition) is 1. The fourth-order valence-corrected chi connectivity index (χ4v) is 1.58. The van der Waals surface area contributed by atoms with Crippen LogP contribution in [0.5, 0.6) is 0 Å². The first-order chi connectivity index (χ1) is 5.92. The Kier molecular flexibility index (Phi) is 2.90. The molecule has 0 aromatic rings. The number of halogens is 3. The summed E-state index contributed by atoms with van der Waals surface area (Å²) in [5.41, 5.74) is -2.40. The van der Waals surface area contributed by atoms with Crippen LogP contribution in [0.3, 0.4) is 0 Å². The molecule has 1 aliphatic rings. The van der Waals surface area contributed by atoms with Gasteiger partial charge in [0.25, 0.3) is 0 Å². The van der Waals surface area contributed by atoms with Crippen molar-refractivity contribution < 1.29 is 18.3 Å². The topological polar surface area (TPSA) is 20.2 Å². The molecule has 1 N–H and O–H groups in total. The molecule has 1 nitrogen and oxygen atoms in total. The summed E-state index contributed by atoms with van der Waals surface area (Å²) in [5.74, 6) is -0.543. The number of rotatable bonds is 4. The zero-order valence-electron chi connectivity index (χ0n) is 7.69. The van der Waals surface area contributed by atoms with Crippen molar-refractivity contribution >= 4 is 0 Å². The summed E-state index contributed by atoms with van der Waals surface area (Å²) in [5, 5.41) is 9.49. The van der Waals surface area contributed by atoms with Crippen molar-refractivity contribution in [3.63, 3.8) is 0 Å². The van der Waals surface area contributed by atoms with Gasteiger partial charge >= 0.3 is 6.18 Å². The summed E-state index contributed by atoms with van der Waals surface area (Å²) < 4.78 is 37.4. The molecule has 0 amide bonds. The molecule has 1 fully saturated rings. The van der Waals surface area contributed by atoms with Gasteiger partial charge in [-0.05, 0) is 25.2 Å². The average Bonchev–Trinajstić information content (AvgIpc) is 2.80. The third-order valence-electron chi connectivity index (χ3n) is 2.66. The minimum Gasteiger partial charge on any atom is -0.380 e. The van der Waals surface area contributed by atoms with E-state index in [1.54, 1.807) is 0 Å². The molecule has 4 heteroatoms. The molecule has 1 aliphatic carbocycles. The second kappa shape index (κ2) is 3.48. The first kappa shape index (κ1) is 10.8. The van der Waals surface area contributed by atoms with Gasteiger partial charge in [-0.3, -0.25) is 0 Å². The summed E-state index contributed by atoms with van der Waals surface area (Å²) in [6.07, 6.45) is -2.45. The quantitative estimate of drug-likeness (QED) is 0.733. The first-order valence-electron chi connectivity index (χ1n) is 4.71. The highest BCUT2D eigenvalue weighted by Gasteiger charge is 2.60. The number of aliphatic hydroxyl groups is 1. The lowest BCUT2D eigenvalue weighted by Crippen LogP contribution is -2.47. The minimum absolute atomic E-state index is 0.141. The Morgan fingerprint density at radius 3 is 2.15 bits per heavy atom. The lowest BCUT2D eigenvalue weighted by atomic mass is 9.91. The molecule has 0 heterocycles. The molecular formula is C9H15F3O. The fraction of sp³-hybridized carbons (Fsp3) is 1.00. The van der Waals surface area contributed by atoms with Gasteiger partial charge in [0.2, 0.25) is 0 Å². The second-order valence-electron chi connectivity index (χ2n) is 3.80. The molecule has 13 heavy (non-hydrogen) atoms. The van der Waals surface area contributed by atoms with E-state index in [4.69, 9.17) is 0 Å². The Hall–Kier alpha value is -0.250. The van der Waals surface area contributed by atoms with Crippen molar-refractivity contribution in [2.45, 2.75) is 50.8 Å². The van der Waals surface area contributed by atoms with Crippen molar-refractivity contribution in [1.82, 2.24) is 0 Å². The second-order valence-corrected chi connectivity index (χ2v) is 3.80. The molecule has 0 radical (unpaired) electrons. The molecule has 1 atom stereocenters. The molecule has 78 valence electrons. The van der Waals surface area contributed by atoms with Gasteiger partial charge in [-0.1, -0.05) is 19.8 Å². The highest BCUT2D eigenvalue weighted by Crippen LogP contribution is 2.50. The molecular weight excluding hydrogens is 181 g/mol. The number of alkyl halides is 3. The van der Waals surface area contributed by atoms with Crippen molar-refractivity contribution in [3.8, 4) is 0 Å². The molecule has 0 bridgehead atoms. The monoisotopic (exact) mass is 196 g/mol. The Balaban J connectivity index is 2.63. The lowest BCUT2D eigenvalue weighted by Gasteiger charge is -2.30. The summed E-state index contributed by atoms with van der Waals surface area (Å²) in [6.45, 7) is 1.82. The van der Waals surface area contributed by atoms with E-state index < -0.39 is 17.7 Å². The predicted molar refractivity (Wildman–Crippen MR) is 43.3 cm³/mol. The van der Waals surface area contributed by atoms with Crippen LogP contribution in [0.2, 0.25) is 0 Å². The van der Waals surface area contributed by atoms with Gasteiger partial charge in [0.05, 0.1) is 0 Å². The Morgan fingerprint density at radius 2 is 1.85 bits per heavy atom. The van der Waals surface area contributed by atoms with Gasteiger partial charge in [0.1, 0.15) is 0 Å². The van der Waals surface area contributed by atoms with E-state index in [1.807, 2.05) is 6.92 Å². The Bertz CT molecular complexity index is 174. The van der Waals surface area contributed by atoms with Crippen molar-refractivity contribution in [2.24, 2.45) is 5.92 Å². The fourth-order valence-electron chi connectivity index (χ4n) is 1.58. The molecule has 0 spiro atoms. The average molecular weight is 196 g/mol. The van der Waals surface area contributed by atoms with Crippen LogP contribution in [0.1, 0.15) is 39.0 Å². The van der Waals surface area contributed by atoms with E-state index in [1.165, 1.54) is 0 Å². The number of hydrogen-bond donors (Lipinski definition) is 1. The normalized spacial score (nSPS) is 22.8.